The molecule has 1 heteroatoms. The van der Waals surface area contributed by atoms with Crippen molar-refractivity contribution in [3.63, 3.8) is 0 Å². The SMILES string of the molecule is CCCN1CCCC1.CCc1ccccc1. The van der Waals surface area contributed by atoms with Crippen LogP contribution in [0.15, 0.2) is 30.3 Å². The average molecular weight is 219 g/mol. The zero-order valence-electron chi connectivity index (χ0n) is 10.8. The van der Waals surface area contributed by atoms with Gasteiger partial charge in [0.15, 0.2) is 0 Å². The van der Waals surface area contributed by atoms with Gasteiger partial charge in [0.1, 0.15) is 0 Å². The van der Waals surface area contributed by atoms with E-state index in [-0.39, 0.29) is 0 Å². The maximum Gasteiger partial charge on any atom is -0.00183 e. The highest BCUT2D eigenvalue weighted by molar-refractivity contribution is 5.13. The van der Waals surface area contributed by atoms with E-state index >= 15 is 0 Å². The molecule has 1 aliphatic rings. The summed E-state index contributed by atoms with van der Waals surface area (Å²) in [6.07, 6.45) is 5.32. The number of hydrogen-bond acceptors (Lipinski definition) is 1. The molecule has 0 unspecified atom stereocenters. The lowest BCUT2D eigenvalue weighted by atomic mass is 10.2. The first kappa shape index (κ1) is 13.2. The van der Waals surface area contributed by atoms with Crippen LogP contribution in [0.3, 0.4) is 0 Å². The first-order valence-corrected chi connectivity index (χ1v) is 6.63. The molecule has 0 bridgehead atoms. The van der Waals surface area contributed by atoms with Crippen LogP contribution in [0.5, 0.6) is 0 Å². The number of nitrogens with zero attached hydrogens (tertiary/aromatic N) is 1. The van der Waals surface area contributed by atoms with Gasteiger partial charge >= 0.3 is 0 Å². The molecular formula is C15H25N. The molecule has 90 valence electrons. The lowest BCUT2D eigenvalue weighted by Crippen LogP contribution is -2.19. The Hall–Kier alpha value is -0.820. The molecular weight excluding hydrogens is 194 g/mol. The van der Waals surface area contributed by atoms with Crippen molar-refractivity contribution in [2.45, 2.75) is 39.5 Å². The molecule has 0 aliphatic carbocycles. The van der Waals surface area contributed by atoms with Crippen molar-refractivity contribution in [3.8, 4) is 0 Å². The van der Waals surface area contributed by atoms with Crippen molar-refractivity contribution in [2.24, 2.45) is 0 Å². The number of aryl methyl sites for hydroxylation is 1. The van der Waals surface area contributed by atoms with Gasteiger partial charge in [-0.3, -0.25) is 0 Å². The summed E-state index contributed by atoms with van der Waals surface area (Å²) in [5.41, 5.74) is 1.41. The average Bonchev–Trinajstić information content (AvgIpc) is 2.84. The van der Waals surface area contributed by atoms with Crippen LogP contribution in [0, 0.1) is 0 Å². The van der Waals surface area contributed by atoms with Crippen molar-refractivity contribution >= 4 is 0 Å². The van der Waals surface area contributed by atoms with Crippen LogP contribution in [0.4, 0.5) is 0 Å². The lowest BCUT2D eigenvalue weighted by Gasteiger charge is -2.11. The summed E-state index contributed by atoms with van der Waals surface area (Å²) in [7, 11) is 0. The minimum atomic E-state index is 1.14. The van der Waals surface area contributed by atoms with Gasteiger partial charge < -0.3 is 4.90 Å². The van der Waals surface area contributed by atoms with E-state index in [4.69, 9.17) is 0 Å². The van der Waals surface area contributed by atoms with Crippen LogP contribution in [0.25, 0.3) is 0 Å². The highest BCUT2D eigenvalue weighted by Gasteiger charge is 2.08. The molecule has 0 atom stereocenters. The Kier molecular flexibility index (Phi) is 6.91. The van der Waals surface area contributed by atoms with Gasteiger partial charge in [0.2, 0.25) is 0 Å². The predicted molar refractivity (Wildman–Crippen MR) is 71.8 cm³/mol. The molecule has 1 aliphatic heterocycles. The fourth-order valence-electron chi connectivity index (χ4n) is 2.04. The molecule has 0 amide bonds. The van der Waals surface area contributed by atoms with E-state index in [0.29, 0.717) is 0 Å². The first-order valence-electron chi connectivity index (χ1n) is 6.63. The maximum atomic E-state index is 2.54. The second-order valence-electron chi connectivity index (χ2n) is 4.39. The molecule has 16 heavy (non-hydrogen) atoms. The second-order valence-corrected chi connectivity index (χ2v) is 4.39. The van der Waals surface area contributed by atoms with E-state index in [1.54, 1.807) is 0 Å². The molecule has 0 aromatic heterocycles. The Morgan fingerprint density at radius 2 is 1.62 bits per heavy atom. The monoisotopic (exact) mass is 219 g/mol. The quantitative estimate of drug-likeness (QED) is 0.748. The van der Waals surface area contributed by atoms with Crippen LogP contribution in [-0.4, -0.2) is 24.5 Å². The van der Waals surface area contributed by atoms with Crippen LogP contribution >= 0.6 is 0 Å². The Balaban J connectivity index is 0.000000160. The topological polar surface area (TPSA) is 3.24 Å². The molecule has 1 aromatic carbocycles. The van der Waals surface area contributed by atoms with Crippen LogP contribution in [-0.2, 0) is 6.42 Å². The number of rotatable bonds is 3. The van der Waals surface area contributed by atoms with Gasteiger partial charge in [-0.1, -0.05) is 44.2 Å². The van der Waals surface area contributed by atoms with Crippen molar-refractivity contribution in [1.82, 2.24) is 4.90 Å². The van der Waals surface area contributed by atoms with Gasteiger partial charge in [0.05, 0.1) is 0 Å². The summed E-state index contributed by atoms with van der Waals surface area (Å²) >= 11 is 0. The Morgan fingerprint density at radius 3 is 2.06 bits per heavy atom. The van der Waals surface area contributed by atoms with Crippen molar-refractivity contribution in [1.29, 1.82) is 0 Å². The number of hydrogen-bond donors (Lipinski definition) is 0. The third kappa shape index (κ3) is 5.32. The molecule has 1 aromatic rings. The Bertz CT molecular complexity index is 249. The van der Waals surface area contributed by atoms with Gasteiger partial charge in [0, 0.05) is 0 Å². The van der Waals surface area contributed by atoms with Gasteiger partial charge in [0.25, 0.3) is 0 Å². The Morgan fingerprint density at radius 1 is 1.00 bits per heavy atom. The van der Waals surface area contributed by atoms with E-state index in [1.165, 1.54) is 44.5 Å². The van der Waals surface area contributed by atoms with Gasteiger partial charge in [-0.25, -0.2) is 0 Å². The molecule has 2 rings (SSSR count). The molecule has 0 spiro atoms. The normalized spacial score (nSPS) is 15.6. The van der Waals surface area contributed by atoms with Crippen molar-refractivity contribution in [3.05, 3.63) is 35.9 Å². The van der Waals surface area contributed by atoms with E-state index in [9.17, 15) is 0 Å². The fourth-order valence-corrected chi connectivity index (χ4v) is 2.04. The van der Waals surface area contributed by atoms with E-state index in [2.05, 4.69) is 43.0 Å². The molecule has 1 saturated heterocycles. The minimum absolute atomic E-state index is 1.14. The second kappa shape index (κ2) is 8.35. The molecule has 1 fully saturated rings. The molecule has 1 heterocycles. The maximum absolute atomic E-state index is 2.54. The third-order valence-electron chi connectivity index (χ3n) is 2.99. The van der Waals surface area contributed by atoms with E-state index in [1.807, 2.05) is 6.07 Å². The van der Waals surface area contributed by atoms with Crippen LogP contribution < -0.4 is 0 Å². The summed E-state index contributed by atoms with van der Waals surface area (Å²) in [5, 5.41) is 0. The molecule has 0 radical (unpaired) electrons. The zero-order valence-corrected chi connectivity index (χ0v) is 10.8. The molecule has 0 N–H and O–H groups in total. The molecule has 1 nitrogen and oxygen atoms in total. The van der Waals surface area contributed by atoms with E-state index < -0.39 is 0 Å². The van der Waals surface area contributed by atoms with E-state index in [0.717, 1.165) is 6.42 Å². The van der Waals surface area contributed by atoms with Crippen molar-refractivity contribution in [2.75, 3.05) is 19.6 Å². The van der Waals surface area contributed by atoms with Crippen LogP contribution in [0.1, 0.15) is 38.7 Å². The van der Waals surface area contributed by atoms with Gasteiger partial charge in [-0.05, 0) is 50.9 Å². The smallest absolute Gasteiger partial charge is 0.00183 e. The highest BCUT2D eigenvalue weighted by Crippen LogP contribution is 2.06. The minimum Gasteiger partial charge on any atom is -0.303 e. The lowest BCUT2D eigenvalue weighted by molar-refractivity contribution is 0.339. The summed E-state index contributed by atoms with van der Waals surface area (Å²) < 4.78 is 0. The standard InChI is InChI=1S/C8H10.C7H15N/c1-2-8-6-4-3-5-7-8;1-2-5-8-6-3-4-7-8/h3-7H,2H2,1H3;2-7H2,1H3. The fraction of sp³-hybridized carbons (Fsp3) is 0.600. The summed E-state index contributed by atoms with van der Waals surface area (Å²) in [5.74, 6) is 0. The third-order valence-corrected chi connectivity index (χ3v) is 2.99. The number of benzene rings is 1. The number of likely N-dealkylation sites (tertiary alicyclic amines) is 1. The Labute approximate surface area is 100 Å². The summed E-state index contributed by atoms with van der Waals surface area (Å²) in [6.45, 7) is 8.44. The largest absolute Gasteiger partial charge is 0.303 e. The first-order chi connectivity index (χ1) is 7.86. The van der Waals surface area contributed by atoms with Crippen molar-refractivity contribution < 1.29 is 0 Å². The van der Waals surface area contributed by atoms with Gasteiger partial charge in [-0.15, -0.1) is 0 Å². The summed E-state index contributed by atoms with van der Waals surface area (Å²) in [6, 6.07) is 10.5. The highest BCUT2D eigenvalue weighted by atomic mass is 15.1. The zero-order chi connectivity index (χ0) is 11.6. The van der Waals surface area contributed by atoms with Crippen LogP contribution in [0.2, 0.25) is 0 Å². The molecule has 0 saturated carbocycles. The summed E-state index contributed by atoms with van der Waals surface area (Å²) in [4.78, 5) is 2.54. The van der Waals surface area contributed by atoms with Gasteiger partial charge in [-0.2, -0.15) is 0 Å². The predicted octanol–water partition coefficient (Wildman–Crippen LogP) is 3.74.